The predicted octanol–water partition coefficient (Wildman–Crippen LogP) is 3.43. The largest absolute Gasteiger partial charge is 0.383 e. The highest BCUT2D eigenvalue weighted by atomic mass is 16.5. The first kappa shape index (κ1) is 18.0. The molecule has 0 amide bonds. The molecule has 1 aromatic heterocycles. The number of nitrogens with one attached hydrogen (secondary N) is 2. The van der Waals surface area contributed by atoms with Crippen molar-refractivity contribution < 1.29 is 4.74 Å². The summed E-state index contributed by atoms with van der Waals surface area (Å²) in [7, 11) is 1.67. The van der Waals surface area contributed by atoms with Gasteiger partial charge in [0.15, 0.2) is 0 Å². The number of anilines is 4. The van der Waals surface area contributed by atoms with E-state index in [2.05, 4.69) is 63.6 Å². The van der Waals surface area contributed by atoms with Gasteiger partial charge in [0.1, 0.15) is 5.82 Å². The maximum absolute atomic E-state index is 5.03. The number of hydrogen-bond acceptors (Lipinski definition) is 6. The van der Waals surface area contributed by atoms with Gasteiger partial charge in [0, 0.05) is 49.9 Å². The standard InChI is InChI=1S/C18H27N5O/c1-5-23(6-2)16-9-7-15(8-10-16)21-17-13-14(3)20-18(22-17)19-11-12-24-4/h7-10,13H,5-6,11-12H2,1-4H3,(H2,19,20,21,22). The van der Waals surface area contributed by atoms with Gasteiger partial charge in [-0.15, -0.1) is 0 Å². The van der Waals surface area contributed by atoms with E-state index in [-0.39, 0.29) is 0 Å². The molecular weight excluding hydrogens is 302 g/mol. The Morgan fingerprint density at radius 1 is 1.08 bits per heavy atom. The summed E-state index contributed by atoms with van der Waals surface area (Å²) in [6.07, 6.45) is 0. The zero-order chi connectivity index (χ0) is 17.4. The van der Waals surface area contributed by atoms with E-state index in [1.807, 2.05) is 13.0 Å². The lowest BCUT2D eigenvalue weighted by atomic mass is 10.2. The maximum atomic E-state index is 5.03. The number of rotatable bonds is 9. The molecule has 0 aliphatic heterocycles. The van der Waals surface area contributed by atoms with Gasteiger partial charge in [0.25, 0.3) is 0 Å². The van der Waals surface area contributed by atoms with Crippen molar-refractivity contribution in [1.82, 2.24) is 9.97 Å². The third kappa shape index (κ3) is 5.09. The van der Waals surface area contributed by atoms with Gasteiger partial charge < -0.3 is 20.3 Å². The Morgan fingerprint density at radius 2 is 1.79 bits per heavy atom. The van der Waals surface area contributed by atoms with E-state index in [1.54, 1.807) is 7.11 Å². The summed E-state index contributed by atoms with van der Waals surface area (Å²) >= 11 is 0. The Bertz CT molecular complexity index is 626. The van der Waals surface area contributed by atoms with Crippen LogP contribution in [0, 0.1) is 6.92 Å². The molecule has 0 radical (unpaired) electrons. The minimum Gasteiger partial charge on any atom is -0.383 e. The monoisotopic (exact) mass is 329 g/mol. The molecule has 0 saturated heterocycles. The van der Waals surface area contributed by atoms with Gasteiger partial charge in [-0.1, -0.05) is 0 Å². The second kappa shape index (κ2) is 9.08. The molecule has 24 heavy (non-hydrogen) atoms. The number of methoxy groups -OCH3 is 1. The lowest BCUT2D eigenvalue weighted by molar-refractivity contribution is 0.210. The first-order valence-electron chi connectivity index (χ1n) is 8.36. The van der Waals surface area contributed by atoms with Gasteiger partial charge in [-0.3, -0.25) is 0 Å². The fraction of sp³-hybridized carbons (Fsp3) is 0.444. The average Bonchev–Trinajstić information content (AvgIpc) is 2.57. The van der Waals surface area contributed by atoms with Crippen molar-refractivity contribution in [2.75, 3.05) is 48.9 Å². The molecule has 2 rings (SSSR count). The molecular formula is C18H27N5O. The van der Waals surface area contributed by atoms with Crippen LogP contribution in [0.4, 0.5) is 23.1 Å². The van der Waals surface area contributed by atoms with E-state index < -0.39 is 0 Å². The number of aryl methyl sites for hydroxylation is 1. The van der Waals surface area contributed by atoms with Crippen LogP contribution in [0.15, 0.2) is 30.3 Å². The van der Waals surface area contributed by atoms with E-state index in [9.17, 15) is 0 Å². The highest BCUT2D eigenvalue weighted by molar-refractivity contribution is 5.61. The Balaban J connectivity index is 2.07. The van der Waals surface area contributed by atoms with Crippen molar-refractivity contribution in [1.29, 1.82) is 0 Å². The van der Waals surface area contributed by atoms with E-state index in [1.165, 1.54) is 5.69 Å². The summed E-state index contributed by atoms with van der Waals surface area (Å²) in [5, 5.41) is 6.49. The molecule has 0 spiro atoms. The summed E-state index contributed by atoms with van der Waals surface area (Å²) < 4.78 is 5.03. The molecule has 0 aliphatic carbocycles. The zero-order valence-electron chi connectivity index (χ0n) is 15.0. The van der Waals surface area contributed by atoms with Crippen LogP contribution >= 0.6 is 0 Å². The molecule has 2 aromatic rings. The Hall–Kier alpha value is -2.34. The SMILES string of the molecule is CCN(CC)c1ccc(Nc2cc(C)nc(NCCOC)n2)cc1. The average molecular weight is 329 g/mol. The first-order chi connectivity index (χ1) is 11.7. The molecule has 6 nitrogen and oxygen atoms in total. The van der Waals surface area contributed by atoms with Crippen LogP contribution in [0.25, 0.3) is 0 Å². The summed E-state index contributed by atoms with van der Waals surface area (Å²) in [4.78, 5) is 11.2. The normalized spacial score (nSPS) is 10.5. The maximum Gasteiger partial charge on any atom is 0.224 e. The van der Waals surface area contributed by atoms with E-state index in [0.717, 1.165) is 30.3 Å². The number of ether oxygens (including phenoxy) is 1. The van der Waals surface area contributed by atoms with Crippen LogP contribution in [0.5, 0.6) is 0 Å². The van der Waals surface area contributed by atoms with Crippen LogP contribution in [0.2, 0.25) is 0 Å². The molecule has 1 aromatic carbocycles. The minimum atomic E-state index is 0.606. The van der Waals surface area contributed by atoms with Crippen LogP contribution in [-0.4, -0.2) is 43.3 Å². The quantitative estimate of drug-likeness (QED) is 0.687. The lowest BCUT2D eigenvalue weighted by Gasteiger charge is -2.21. The van der Waals surface area contributed by atoms with E-state index in [0.29, 0.717) is 19.1 Å². The fourth-order valence-electron chi connectivity index (χ4n) is 2.47. The highest BCUT2D eigenvalue weighted by Crippen LogP contribution is 2.21. The molecule has 0 saturated carbocycles. The Morgan fingerprint density at radius 3 is 2.42 bits per heavy atom. The van der Waals surface area contributed by atoms with Crippen molar-refractivity contribution in [3.05, 3.63) is 36.0 Å². The van der Waals surface area contributed by atoms with Gasteiger partial charge in [-0.05, 0) is 45.0 Å². The second-order valence-corrected chi connectivity index (χ2v) is 5.48. The topological polar surface area (TPSA) is 62.3 Å². The molecule has 130 valence electrons. The number of nitrogens with zero attached hydrogens (tertiary/aromatic N) is 3. The lowest BCUT2D eigenvalue weighted by Crippen LogP contribution is -2.21. The smallest absolute Gasteiger partial charge is 0.224 e. The summed E-state index contributed by atoms with van der Waals surface area (Å²) in [6, 6.07) is 10.3. The molecule has 0 bridgehead atoms. The van der Waals surface area contributed by atoms with Gasteiger partial charge in [-0.2, -0.15) is 4.98 Å². The number of benzene rings is 1. The zero-order valence-corrected chi connectivity index (χ0v) is 15.0. The molecule has 0 unspecified atom stereocenters. The summed E-state index contributed by atoms with van der Waals surface area (Å²) in [5.41, 5.74) is 3.14. The van der Waals surface area contributed by atoms with Crippen LogP contribution in [-0.2, 0) is 4.74 Å². The van der Waals surface area contributed by atoms with Crippen LogP contribution < -0.4 is 15.5 Å². The van der Waals surface area contributed by atoms with Gasteiger partial charge in [-0.25, -0.2) is 4.98 Å². The Labute approximate surface area is 144 Å². The van der Waals surface area contributed by atoms with Crippen molar-refractivity contribution >= 4 is 23.1 Å². The third-order valence-corrected chi connectivity index (χ3v) is 3.71. The summed E-state index contributed by atoms with van der Waals surface area (Å²) in [6.45, 7) is 9.59. The molecule has 2 N–H and O–H groups in total. The van der Waals surface area contributed by atoms with Crippen molar-refractivity contribution in [2.24, 2.45) is 0 Å². The summed E-state index contributed by atoms with van der Waals surface area (Å²) in [5.74, 6) is 1.38. The minimum absolute atomic E-state index is 0.606. The van der Waals surface area contributed by atoms with Gasteiger partial charge in [0.2, 0.25) is 5.95 Å². The Kier molecular flexibility index (Phi) is 6.81. The number of aromatic nitrogens is 2. The van der Waals surface area contributed by atoms with Gasteiger partial charge in [0.05, 0.1) is 6.61 Å². The van der Waals surface area contributed by atoms with E-state index in [4.69, 9.17) is 4.74 Å². The molecule has 1 heterocycles. The van der Waals surface area contributed by atoms with Crippen molar-refractivity contribution in [3.63, 3.8) is 0 Å². The van der Waals surface area contributed by atoms with Crippen LogP contribution in [0.3, 0.4) is 0 Å². The molecule has 6 heteroatoms. The first-order valence-corrected chi connectivity index (χ1v) is 8.36. The van der Waals surface area contributed by atoms with Gasteiger partial charge >= 0.3 is 0 Å². The van der Waals surface area contributed by atoms with Crippen molar-refractivity contribution in [3.8, 4) is 0 Å². The highest BCUT2D eigenvalue weighted by Gasteiger charge is 2.04. The fourth-order valence-corrected chi connectivity index (χ4v) is 2.47. The molecule has 0 aliphatic rings. The van der Waals surface area contributed by atoms with Crippen molar-refractivity contribution in [2.45, 2.75) is 20.8 Å². The van der Waals surface area contributed by atoms with E-state index >= 15 is 0 Å². The molecule has 0 fully saturated rings. The predicted molar refractivity (Wildman–Crippen MR) is 100 cm³/mol. The number of hydrogen-bond donors (Lipinski definition) is 2. The van der Waals surface area contributed by atoms with Crippen LogP contribution in [0.1, 0.15) is 19.5 Å². The second-order valence-electron chi connectivity index (χ2n) is 5.48. The third-order valence-electron chi connectivity index (χ3n) is 3.71. The molecule has 0 atom stereocenters.